The fourth-order valence-corrected chi connectivity index (χ4v) is 4.24. The Balaban J connectivity index is 1.53. The number of aromatic nitrogens is 2. The van der Waals surface area contributed by atoms with Crippen molar-refractivity contribution in [3.05, 3.63) is 92.7 Å². The van der Waals surface area contributed by atoms with Gasteiger partial charge in [0, 0.05) is 10.4 Å². The number of benzene rings is 3. The Morgan fingerprint density at radius 1 is 1.13 bits per heavy atom. The third-order valence-corrected chi connectivity index (χ3v) is 6.18. The van der Waals surface area contributed by atoms with Crippen molar-refractivity contribution in [2.24, 2.45) is 5.10 Å². The number of carbonyl (C=O) groups is 1. The molecule has 0 fully saturated rings. The van der Waals surface area contributed by atoms with Crippen LogP contribution < -0.4 is 10.3 Å². The van der Waals surface area contributed by atoms with Crippen LogP contribution in [0.1, 0.15) is 19.4 Å². The van der Waals surface area contributed by atoms with Crippen molar-refractivity contribution in [3.63, 3.8) is 0 Å². The molecular formula is C28H21Cl2N3O5. The van der Waals surface area contributed by atoms with E-state index in [2.05, 4.69) is 10.1 Å². The molecule has 2 aromatic heterocycles. The summed E-state index contributed by atoms with van der Waals surface area (Å²) < 4.78 is 17.7. The number of carbonyl (C=O) groups excluding carboxylic acids is 1. The van der Waals surface area contributed by atoms with Crippen LogP contribution in [0.3, 0.4) is 0 Å². The molecule has 38 heavy (non-hydrogen) atoms. The lowest BCUT2D eigenvalue weighted by Gasteiger charge is -2.14. The second-order valence-corrected chi connectivity index (χ2v) is 9.15. The number of nitrogens with zero attached hydrogens (tertiary/aromatic N) is 3. The molecule has 0 bridgehead atoms. The fourth-order valence-electron chi connectivity index (χ4n) is 3.83. The highest BCUT2D eigenvalue weighted by Crippen LogP contribution is 2.29. The maximum Gasteiger partial charge on any atom is 0.347 e. The van der Waals surface area contributed by atoms with Gasteiger partial charge in [-0.15, -0.1) is 0 Å². The zero-order valence-corrected chi connectivity index (χ0v) is 21.9. The van der Waals surface area contributed by atoms with Crippen LogP contribution in [0.2, 0.25) is 10.0 Å². The molecule has 0 N–H and O–H groups in total. The largest absolute Gasteiger partial charge is 0.477 e. The Bertz CT molecular complexity index is 1760. The standard InChI is InChI=1S/C28H21Cl2N3O5/c1-3-36-28(35)16(2)37-24-10-8-17(12-21(24)30)15-31-33-26(32-22-7-5-4-6-20(22)27(33)34)25-14-18-13-19(29)9-11-23(18)38-25/h4-16H,3H2,1-2H3/t16-/m1/s1. The molecule has 0 radical (unpaired) electrons. The van der Waals surface area contributed by atoms with Crippen LogP contribution in [0, 0.1) is 0 Å². The van der Waals surface area contributed by atoms with Gasteiger partial charge >= 0.3 is 5.97 Å². The molecule has 0 spiro atoms. The van der Waals surface area contributed by atoms with E-state index in [4.69, 9.17) is 37.1 Å². The molecule has 0 unspecified atom stereocenters. The lowest BCUT2D eigenvalue weighted by atomic mass is 10.2. The van der Waals surface area contributed by atoms with E-state index in [0.717, 1.165) is 5.39 Å². The average molecular weight is 550 g/mol. The molecule has 10 heteroatoms. The summed E-state index contributed by atoms with van der Waals surface area (Å²) in [7, 11) is 0. The van der Waals surface area contributed by atoms with E-state index in [1.54, 1.807) is 80.6 Å². The number of esters is 1. The van der Waals surface area contributed by atoms with E-state index < -0.39 is 12.1 Å². The number of fused-ring (bicyclic) bond motifs is 2. The maximum atomic E-state index is 13.4. The molecule has 0 aliphatic rings. The number of para-hydroxylation sites is 1. The van der Waals surface area contributed by atoms with Crippen molar-refractivity contribution in [1.29, 1.82) is 0 Å². The molecule has 5 aromatic rings. The van der Waals surface area contributed by atoms with Gasteiger partial charge in [0.1, 0.15) is 11.3 Å². The van der Waals surface area contributed by atoms with Crippen molar-refractivity contribution in [2.45, 2.75) is 20.0 Å². The third kappa shape index (κ3) is 5.14. The quantitative estimate of drug-likeness (QED) is 0.174. The fraction of sp³-hybridized carbons (Fsp3) is 0.143. The summed E-state index contributed by atoms with van der Waals surface area (Å²) in [5, 5.41) is 6.43. The monoisotopic (exact) mass is 549 g/mol. The Morgan fingerprint density at radius 3 is 2.74 bits per heavy atom. The smallest absolute Gasteiger partial charge is 0.347 e. The molecule has 3 aromatic carbocycles. The van der Waals surface area contributed by atoms with Gasteiger partial charge in [-0.2, -0.15) is 9.78 Å². The van der Waals surface area contributed by atoms with E-state index in [-0.39, 0.29) is 23.0 Å². The number of furan rings is 1. The van der Waals surface area contributed by atoms with Crippen LogP contribution in [0.25, 0.3) is 33.5 Å². The highest BCUT2D eigenvalue weighted by Gasteiger charge is 2.18. The van der Waals surface area contributed by atoms with Crippen molar-refractivity contribution in [1.82, 2.24) is 9.66 Å². The molecule has 192 valence electrons. The molecule has 8 nitrogen and oxygen atoms in total. The Morgan fingerprint density at radius 2 is 1.95 bits per heavy atom. The van der Waals surface area contributed by atoms with Crippen LogP contribution in [0.15, 0.2) is 81.0 Å². The molecule has 5 rings (SSSR count). The van der Waals surface area contributed by atoms with Crippen molar-refractivity contribution < 1.29 is 18.7 Å². The van der Waals surface area contributed by atoms with Crippen LogP contribution in [0.5, 0.6) is 5.75 Å². The van der Waals surface area contributed by atoms with Gasteiger partial charge < -0.3 is 13.9 Å². The summed E-state index contributed by atoms with van der Waals surface area (Å²) in [5.41, 5.74) is 1.34. The van der Waals surface area contributed by atoms with E-state index in [9.17, 15) is 9.59 Å². The SMILES string of the molecule is CCOC(=O)[C@@H](C)Oc1ccc(C=Nn2c(-c3cc4cc(Cl)ccc4o3)nc3ccccc3c2=O)cc1Cl. The number of hydrogen-bond acceptors (Lipinski definition) is 7. The van der Waals surface area contributed by atoms with Gasteiger partial charge in [-0.3, -0.25) is 4.79 Å². The first-order valence-corrected chi connectivity index (χ1v) is 12.5. The van der Waals surface area contributed by atoms with E-state index >= 15 is 0 Å². The summed E-state index contributed by atoms with van der Waals surface area (Å²) in [6.07, 6.45) is 0.654. The first-order valence-electron chi connectivity index (χ1n) is 11.7. The summed E-state index contributed by atoms with van der Waals surface area (Å²) in [4.78, 5) is 30.0. The number of hydrogen-bond donors (Lipinski definition) is 0. The van der Waals surface area contributed by atoms with E-state index in [1.807, 2.05) is 0 Å². The van der Waals surface area contributed by atoms with Gasteiger partial charge in [0.2, 0.25) is 5.82 Å². The number of ether oxygens (including phenoxy) is 2. The van der Waals surface area contributed by atoms with Crippen molar-refractivity contribution in [3.8, 4) is 17.3 Å². The zero-order chi connectivity index (χ0) is 26.8. The van der Waals surface area contributed by atoms with Crippen LogP contribution in [0.4, 0.5) is 0 Å². The molecule has 0 saturated carbocycles. The minimum absolute atomic E-state index is 0.228. The highest BCUT2D eigenvalue weighted by molar-refractivity contribution is 6.32. The van der Waals surface area contributed by atoms with Gasteiger partial charge in [-0.1, -0.05) is 35.3 Å². The molecule has 0 aliphatic heterocycles. The summed E-state index contributed by atoms with van der Waals surface area (Å²) >= 11 is 12.5. The summed E-state index contributed by atoms with van der Waals surface area (Å²) in [5.74, 6) is 0.414. The zero-order valence-electron chi connectivity index (χ0n) is 20.4. The maximum absolute atomic E-state index is 13.4. The van der Waals surface area contributed by atoms with Crippen molar-refractivity contribution in [2.75, 3.05) is 6.61 Å². The summed E-state index contributed by atoms with van der Waals surface area (Å²) in [6.45, 7) is 3.55. The molecule has 0 saturated heterocycles. The number of rotatable bonds is 7. The Labute approximate surface area is 227 Å². The second kappa shape index (κ2) is 10.7. The molecule has 2 heterocycles. The van der Waals surface area contributed by atoms with Gasteiger partial charge in [0.05, 0.1) is 28.7 Å². The molecule has 0 amide bonds. The molecule has 1 atom stereocenters. The average Bonchev–Trinajstić information content (AvgIpc) is 3.32. The normalized spacial score (nSPS) is 12.3. The third-order valence-electron chi connectivity index (χ3n) is 5.65. The lowest BCUT2D eigenvalue weighted by Crippen LogP contribution is -2.26. The minimum Gasteiger partial charge on any atom is -0.477 e. The van der Waals surface area contributed by atoms with Crippen LogP contribution in [-0.4, -0.2) is 34.6 Å². The molecular weight excluding hydrogens is 529 g/mol. The molecule has 0 aliphatic carbocycles. The summed E-state index contributed by atoms with van der Waals surface area (Å²) in [6, 6.07) is 18.9. The Hall–Kier alpha value is -4.14. The second-order valence-electron chi connectivity index (χ2n) is 8.31. The topological polar surface area (TPSA) is 95.9 Å². The predicted octanol–water partition coefficient (Wildman–Crippen LogP) is 6.33. The Kier molecular flexibility index (Phi) is 7.18. The van der Waals surface area contributed by atoms with Gasteiger partial charge in [-0.25, -0.2) is 9.78 Å². The van der Waals surface area contributed by atoms with Gasteiger partial charge in [-0.05, 0) is 74.0 Å². The van der Waals surface area contributed by atoms with Gasteiger partial charge in [0.15, 0.2) is 11.9 Å². The van der Waals surface area contributed by atoms with Crippen molar-refractivity contribution >= 4 is 57.3 Å². The van der Waals surface area contributed by atoms with Gasteiger partial charge in [0.25, 0.3) is 5.56 Å². The van der Waals surface area contributed by atoms with E-state index in [1.165, 1.54) is 10.9 Å². The van der Waals surface area contributed by atoms with Crippen LogP contribution >= 0.6 is 23.2 Å². The highest BCUT2D eigenvalue weighted by atomic mass is 35.5. The number of halogens is 2. The minimum atomic E-state index is -0.824. The predicted molar refractivity (Wildman–Crippen MR) is 147 cm³/mol. The first-order chi connectivity index (χ1) is 18.3. The van der Waals surface area contributed by atoms with E-state index in [0.29, 0.717) is 38.6 Å². The van der Waals surface area contributed by atoms with Crippen LogP contribution in [-0.2, 0) is 9.53 Å². The lowest BCUT2D eigenvalue weighted by molar-refractivity contribution is -0.150. The first kappa shape index (κ1) is 25.5.